The van der Waals surface area contributed by atoms with Crippen molar-refractivity contribution in [3.63, 3.8) is 0 Å². The van der Waals surface area contributed by atoms with Crippen LogP contribution in [0.25, 0.3) is 11.4 Å². The number of aryl methyl sites for hydroxylation is 1. The first-order valence-electron chi connectivity index (χ1n) is 10.0. The smallest absolute Gasteiger partial charge is 0.338 e. The molecule has 2 heterocycles. The van der Waals surface area contributed by atoms with Crippen molar-refractivity contribution in [3.8, 4) is 11.4 Å². The molecular formula is C21H20F4N4O3S. The average molecular weight is 484 g/mol. The van der Waals surface area contributed by atoms with E-state index < -0.39 is 21.8 Å². The van der Waals surface area contributed by atoms with Gasteiger partial charge in [-0.2, -0.15) is 22.5 Å². The lowest BCUT2D eigenvalue weighted by molar-refractivity contribution is -0.137. The van der Waals surface area contributed by atoms with Crippen molar-refractivity contribution in [2.75, 3.05) is 26.2 Å². The number of sulfonamides is 1. The molecule has 7 nitrogen and oxygen atoms in total. The molecule has 33 heavy (non-hydrogen) atoms. The highest BCUT2D eigenvalue weighted by atomic mass is 32.2. The summed E-state index contributed by atoms with van der Waals surface area (Å²) < 4.78 is 84.0. The van der Waals surface area contributed by atoms with Crippen LogP contribution in [-0.4, -0.2) is 53.9 Å². The second-order valence-corrected chi connectivity index (χ2v) is 9.62. The number of hydrogen-bond donors (Lipinski definition) is 0. The summed E-state index contributed by atoms with van der Waals surface area (Å²) in [5, 5.41) is 3.88. The lowest BCUT2D eigenvalue weighted by Crippen LogP contribution is -2.48. The maximum atomic E-state index is 13.8. The second-order valence-electron chi connectivity index (χ2n) is 7.68. The molecular weight excluding hydrogens is 464 g/mol. The van der Waals surface area contributed by atoms with Gasteiger partial charge in [-0.1, -0.05) is 17.3 Å². The normalized spacial score (nSPS) is 16.3. The maximum Gasteiger partial charge on any atom is 0.416 e. The number of rotatable bonds is 5. The lowest BCUT2D eigenvalue weighted by atomic mass is 10.1. The Morgan fingerprint density at radius 3 is 2.30 bits per heavy atom. The SMILES string of the molecule is Cc1ccc(-c2noc(CN3CCN(S(=O)(=O)c4ccc(C(F)(F)F)cc4)CC3)n2)cc1F. The molecule has 0 unspecified atom stereocenters. The molecule has 0 spiro atoms. The van der Waals surface area contributed by atoms with Crippen LogP contribution in [0.2, 0.25) is 0 Å². The molecule has 1 aliphatic rings. The average Bonchev–Trinajstić information content (AvgIpc) is 3.24. The summed E-state index contributed by atoms with van der Waals surface area (Å²) in [5.74, 6) is 0.196. The van der Waals surface area contributed by atoms with Gasteiger partial charge in [-0.15, -0.1) is 0 Å². The molecule has 176 valence electrons. The van der Waals surface area contributed by atoms with Gasteiger partial charge in [0.05, 0.1) is 17.0 Å². The summed E-state index contributed by atoms with van der Waals surface area (Å²) in [4.78, 5) is 6.02. The Kier molecular flexibility index (Phi) is 6.25. The topological polar surface area (TPSA) is 79.5 Å². The van der Waals surface area contributed by atoms with Crippen LogP contribution in [0, 0.1) is 12.7 Å². The van der Waals surface area contributed by atoms with Crippen molar-refractivity contribution in [2.45, 2.75) is 24.5 Å². The third-order valence-corrected chi connectivity index (χ3v) is 7.32. The number of piperazine rings is 1. The minimum atomic E-state index is -4.53. The first-order valence-corrected chi connectivity index (χ1v) is 11.5. The van der Waals surface area contributed by atoms with Gasteiger partial charge in [-0.3, -0.25) is 4.90 Å². The maximum absolute atomic E-state index is 13.8. The van der Waals surface area contributed by atoms with Crippen LogP contribution in [-0.2, 0) is 22.7 Å². The Labute approximate surface area is 187 Å². The van der Waals surface area contributed by atoms with E-state index in [0.29, 0.717) is 30.1 Å². The molecule has 1 saturated heterocycles. The summed E-state index contributed by atoms with van der Waals surface area (Å²) in [7, 11) is -3.91. The molecule has 1 fully saturated rings. The van der Waals surface area contributed by atoms with Crippen molar-refractivity contribution in [2.24, 2.45) is 0 Å². The summed E-state index contributed by atoms with van der Waals surface area (Å²) in [6.45, 7) is 3.00. The van der Waals surface area contributed by atoms with Gasteiger partial charge in [0.25, 0.3) is 0 Å². The van der Waals surface area contributed by atoms with Crippen LogP contribution in [0.15, 0.2) is 51.9 Å². The molecule has 0 radical (unpaired) electrons. The fraction of sp³-hybridized carbons (Fsp3) is 0.333. The zero-order chi connectivity index (χ0) is 23.8. The van der Waals surface area contributed by atoms with Crippen molar-refractivity contribution in [1.82, 2.24) is 19.3 Å². The molecule has 4 rings (SSSR count). The molecule has 0 amide bonds. The molecule has 1 aliphatic heterocycles. The molecule has 2 aromatic carbocycles. The second kappa shape index (κ2) is 8.84. The Morgan fingerprint density at radius 1 is 1.03 bits per heavy atom. The summed E-state index contributed by atoms with van der Waals surface area (Å²) in [6, 6.07) is 8.10. The van der Waals surface area contributed by atoms with E-state index in [9.17, 15) is 26.0 Å². The highest BCUT2D eigenvalue weighted by Gasteiger charge is 2.32. The van der Waals surface area contributed by atoms with Gasteiger partial charge in [-0.25, -0.2) is 12.8 Å². The highest BCUT2D eigenvalue weighted by Crippen LogP contribution is 2.30. The zero-order valence-corrected chi connectivity index (χ0v) is 18.3. The molecule has 0 atom stereocenters. The molecule has 0 aliphatic carbocycles. The van der Waals surface area contributed by atoms with Gasteiger partial charge in [0.15, 0.2) is 0 Å². The number of nitrogens with zero attached hydrogens (tertiary/aromatic N) is 4. The van der Waals surface area contributed by atoms with Crippen molar-refractivity contribution in [1.29, 1.82) is 0 Å². The van der Waals surface area contributed by atoms with Gasteiger partial charge < -0.3 is 4.52 Å². The fourth-order valence-corrected chi connectivity index (χ4v) is 4.87. The Hall–Kier alpha value is -2.83. The number of benzene rings is 2. The molecule has 0 N–H and O–H groups in total. The predicted octanol–water partition coefficient (Wildman–Crippen LogP) is 3.71. The first kappa shape index (κ1) is 23.3. The number of hydrogen-bond acceptors (Lipinski definition) is 6. The van der Waals surface area contributed by atoms with E-state index in [1.165, 1.54) is 10.4 Å². The third kappa shape index (κ3) is 5.07. The molecule has 3 aromatic rings. The van der Waals surface area contributed by atoms with E-state index in [1.807, 2.05) is 4.90 Å². The van der Waals surface area contributed by atoms with Gasteiger partial charge in [0, 0.05) is 31.7 Å². The Balaban J connectivity index is 1.37. The van der Waals surface area contributed by atoms with E-state index in [1.54, 1.807) is 19.1 Å². The van der Waals surface area contributed by atoms with Crippen LogP contribution in [0.3, 0.4) is 0 Å². The monoisotopic (exact) mass is 484 g/mol. The molecule has 0 bridgehead atoms. The van der Waals surface area contributed by atoms with E-state index in [0.717, 1.165) is 24.3 Å². The van der Waals surface area contributed by atoms with Crippen LogP contribution in [0.4, 0.5) is 17.6 Å². The van der Waals surface area contributed by atoms with Gasteiger partial charge in [-0.05, 0) is 42.8 Å². The number of halogens is 4. The van der Waals surface area contributed by atoms with E-state index in [4.69, 9.17) is 4.52 Å². The van der Waals surface area contributed by atoms with Gasteiger partial charge in [0.1, 0.15) is 5.82 Å². The molecule has 12 heteroatoms. The lowest BCUT2D eigenvalue weighted by Gasteiger charge is -2.33. The van der Waals surface area contributed by atoms with Crippen LogP contribution in [0.5, 0.6) is 0 Å². The number of aromatic nitrogens is 2. The summed E-state index contributed by atoms with van der Waals surface area (Å²) in [5.41, 5.74) is 0.0886. The quantitative estimate of drug-likeness (QED) is 0.514. The van der Waals surface area contributed by atoms with Crippen LogP contribution < -0.4 is 0 Å². The Bertz CT molecular complexity index is 1240. The van der Waals surface area contributed by atoms with E-state index >= 15 is 0 Å². The van der Waals surface area contributed by atoms with Crippen molar-refractivity contribution >= 4 is 10.0 Å². The Morgan fingerprint density at radius 2 is 1.70 bits per heavy atom. The van der Waals surface area contributed by atoms with E-state index in [-0.39, 0.29) is 36.2 Å². The van der Waals surface area contributed by atoms with Gasteiger partial charge >= 0.3 is 6.18 Å². The van der Waals surface area contributed by atoms with Crippen molar-refractivity contribution < 1.29 is 30.5 Å². The largest absolute Gasteiger partial charge is 0.416 e. The molecule has 0 saturated carbocycles. The van der Waals surface area contributed by atoms with Crippen LogP contribution in [0.1, 0.15) is 17.0 Å². The number of alkyl halides is 3. The fourth-order valence-electron chi connectivity index (χ4n) is 3.45. The summed E-state index contributed by atoms with van der Waals surface area (Å²) >= 11 is 0. The molecule has 1 aromatic heterocycles. The zero-order valence-electron chi connectivity index (χ0n) is 17.5. The summed E-state index contributed by atoms with van der Waals surface area (Å²) in [6.07, 6.45) is -4.53. The minimum Gasteiger partial charge on any atom is -0.338 e. The van der Waals surface area contributed by atoms with E-state index in [2.05, 4.69) is 10.1 Å². The first-order chi connectivity index (χ1) is 15.5. The third-order valence-electron chi connectivity index (χ3n) is 5.41. The van der Waals surface area contributed by atoms with Crippen LogP contribution >= 0.6 is 0 Å². The predicted molar refractivity (Wildman–Crippen MR) is 110 cm³/mol. The van der Waals surface area contributed by atoms with Crippen molar-refractivity contribution in [3.05, 3.63) is 65.3 Å². The van der Waals surface area contributed by atoms with Gasteiger partial charge in [0.2, 0.25) is 21.7 Å². The minimum absolute atomic E-state index is 0.160. The standard InChI is InChI=1S/C21H20F4N4O3S/c1-14-2-3-15(12-18(14)22)20-26-19(32-27-20)13-28-8-10-29(11-9-28)33(30,31)17-6-4-16(5-7-17)21(23,24)25/h2-7,12H,8-11,13H2,1H3. The highest BCUT2D eigenvalue weighted by molar-refractivity contribution is 7.89.